The molecule has 2 heterocycles. The van der Waals surface area contributed by atoms with Gasteiger partial charge in [-0.05, 0) is 55.3 Å². The van der Waals surface area contributed by atoms with Gasteiger partial charge in [0.2, 0.25) is 9.84 Å². The lowest BCUT2D eigenvalue weighted by Gasteiger charge is -2.30. The van der Waals surface area contributed by atoms with Gasteiger partial charge in [0.1, 0.15) is 11.6 Å². The summed E-state index contributed by atoms with van der Waals surface area (Å²) in [6.45, 7) is 0.997. The number of anilines is 2. The molecule has 0 spiro atoms. The number of carbonyl (C=O) groups is 1. The van der Waals surface area contributed by atoms with Gasteiger partial charge in [-0.2, -0.15) is 0 Å². The molecule has 0 atom stereocenters. The number of fused-ring (bicyclic) bond motifs is 1. The lowest BCUT2D eigenvalue weighted by Crippen LogP contribution is -2.35. The average molecular weight is 390 g/mol. The second-order valence-corrected chi connectivity index (χ2v) is 8.34. The van der Waals surface area contributed by atoms with Crippen LogP contribution in [-0.4, -0.2) is 32.3 Å². The number of nitrogens with zero attached hydrogens (tertiary/aromatic N) is 2. The first-order valence-electron chi connectivity index (χ1n) is 8.48. The van der Waals surface area contributed by atoms with Crippen molar-refractivity contribution in [3.05, 3.63) is 65.2 Å². The molecule has 27 heavy (non-hydrogen) atoms. The van der Waals surface area contributed by atoms with Crippen LogP contribution >= 0.6 is 0 Å². The first-order chi connectivity index (χ1) is 12.9. The maximum atomic E-state index is 13.8. The Labute approximate surface area is 155 Å². The minimum absolute atomic E-state index is 0.0829. The Bertz CT molecular complexity index is 1040. The van der Waals surface area contributed by atoms with Crippen molar-refractivity contribution in [1.82, 2.24) is 4.90 Å². The van der Waals surface area contributed by atoms with E-state index in [0.717, 1.165) is 31.0 Å². The monoisotopic (exact) mass is 390 g/mol. The van der Waals surface area contributed by atoms with E-state index in [1.54, 1.807) is 0 Å². The van der Waals surface area contributed by atoms with Crippen molar-refractivity contribution < 1.29 is 22.0 Å². The molecular formula is C19H16F2N2O3S. The zero-order valence-corrected chi connectivity index (χ0v) is 15.0. The topological polar surface area (TPSA) is 57.7 Å². The largest absolute Gasteiger partial charge is 0.338 e. The molecule has 2 aliphatic rings. The van der Waals surface area contributed by atoms with Crippen LogP contribution in [0.15, 0.2) is 58.5 Å². The number of hydrogen-bond acceptors (Lipinski definition) is 4. The van der Waals surface area contributed by atoms with Crippen molar-refractivity contribution >= 4 is 27.1 Å². The number of benzene rings is 2. The van der Waals surface area contributed by atoms with Gasteiger partial charge < -0.3 is 9.80 Å². The zero-order chi connectivity index (χ0) is 19.2. The van der Waals surface area contributed by atoms with E-state index in [-0.39, 0.29) is 15.5 Å². The molecule has 4 rings (SSSR count). The van der Waals surface area contributed by atoms with E-state index in [1.165, 1.54) is 40.3 Å². The van der Waals surface area contributed by atoms with Crippen molar-refractivity contribution in [2.45, 2.75) is 17.7 Å². The Morgan fingerprint density at radius 3 is 2.22 bits per heavy atom. The number of amides is 1. The summed E-state index contributed by atoms with van der Waals surface area (Å²) >= 11 is 0. The SMILES string of the molecule is O=C(C1=CN(c2ccc(F)cc2)c2cc(F)ccc2S1(=O)=O)N1CCCC1. The molecule has 140 valence electrons. The third-order valence-corrected chi connectivity index (χ3v) is 6.50. The van der Waals surface area contributed by atoms with Gasteiger partial charge in [0.05, 0.1) is 10.6 Å². The van der Waals surface area contributed by atoms with Crippen LogP contribution in [0.4, 0.5) is 20.2 Å². The molecule has 0 bridgehead atoms. The van der Waals surface area contributed by atoms with Gasteiger partial charge in [-0.15, -0.1) is 0 Å². The molecule has 2 aromatic rings. The van der Waals surface area contributed by atoms with E-state index >= 15 is 0 Å². The Kier molecular flexibility index (Phi) is 4.22. The molecule has 2 aromatic carbocycles. The predicted molar refractivity (Wildman–Crippen MR) is 96.0 cm³/mol. The van der Waals surface area contributed by atoms with Gasteiger partial charge in [-0.3, -0.25) is 4.79 Å². The molecule has 0 radical (unpaired) electrons. The first-order valence-corrected chi connectivity index (χ1v) is 9.97. The summed E-state index contributed by atoms with van der Waals surface area (Å²) in [5.41, 5.74) is 0.504. The molecule has 0 N–H and O–H groups in total. The molecular weight excluding hydrogens is 374 g/mol. The van der Waals surface area contributed by atoms with Crippen molar-refractivity contribution in [3.63, 3.8) is 0 Å². The lowest BCUT2D eigenvalue weighted by molar-refractivity contribution is -0.125. The van der Waals surface area contributed by atoms with Gasteiger partial charge in [-0.1, -0.05) is 0 Å². The number of hydrogen-bond donors (Lipinski definition) is 0. The zero-order valence-electron chi connectivity index (χ0n) is 14.2. The highest BCUT2D eigenvalue weighted by Crippen LogP contribution is 2.40. The van der Waals surface area contributed by atoms with E-state index in [2.05, 4.69) is 0 Å². The predicted octanol–water partition coefficient (Wildman–Crippen LogP) is 3.35. The Balaban J connectivity index is 1.90. The van der Waals surface area contributed by atoms with Gasteiger partial charge in [0, 0.05) is 25.0 Å². The summed E-state index contributed by atoms with van der Waals surface area (Å²) in [7, 11) is -4.10. The summed E-state index contributed by atoms with van der Waals surface area (Å²) in [5.74, 6) is -1.64. The Morgan fingerprint density at radius 2 is 1.56 bits per heavy atom. The van der Waals surface area contributed by atoms with Crippen LogP contribution in [0.1, 0.15) is 12.8 Å². The van der Waals surface area contributed by atoms with Crippen molar-refractivity contribution in [2.24, 2.45) is 0 Å². The van der Waals surface area contributed by atoms with Crippen LogP contribution in [0.2, 0.25) is 0 Å². The van der Waals surface area contributed by atoms with Crippen LogP contribution in [0, 0.1) is 11.6 Å². The third kappa shape index (κ3) is 2.99. The summed E-state index contributed by atoms with van der Waals surface area (Å²) in [6.07, 6.45) is 2.84. The summed E-state index contributed by atoms with van der Waals surface area (Å²) in [4.78, 5) is 15.2. The van der Waals surface area contributed by atoms with Crippen LogP contribution in [0.5, 0.6) is 0 Å². The first kappa shape index (κ1) is 17.7. The molecule has 1 fully saturated rings. The normalized spacial score (nSPS) is 18.2. The van der Waals surface area contributed by atoms with Crippen molar-refractivity contribution in [3.8, 4) is 0 Å². The van der Waals surface area contributed by atoms with Gasteiger partial charge >= 0.3 is 0 Å². The molecule has 1 saturated heterocycles. The molecule has 8 heteroatoms. The fraction of sp³-hybridized carbons (Fsp3) is 0.211. The Hall–Kier alpha value is -2.74. The third-order valence-electron chi connectivity index (χ3n) is 4.71. The summed E-state index contributed by atoms with van der Waals surface area (Å²) in [6, 6.07) is 8.60. The quantitative estimate of drug-likeness (QED) is 0.738. The van der Waals surface area contributed by atoms with Crippen molar-refractivity contribution in [2.75, 3.05) is 18.0 Å². The highest BCUT2D eigenvalue weighted by atomic mass is 32.2. The van der Waals surface area contributed by atoms with E-state index in [4.69, 9.17) is 0 Å². The van der Waals surface area contributed by atoms with Gasteiger partial charge in [0.25, 0.3) is 5.91 Å². The van der Waals surface area contributed by atoms with Crippen LogP contribution in [-0.2, 0) is 14.6 Å². The van der Waals surface area contributed by atoms with Gasteiger partial charge in [-0.25, -0.2) is 17.2 Å². The number of sulfone groups is 1. The lowest BCUT2D eigenvalue weighted by atomic mass is 10.2. The molecule has 0 aromatic heterocycles. The highest BCUT2D eigenvalue weighted by Gasteiger charge is 2.38. The van der Waals surface area contributed by atoms with Crippen LogP contribution in [0.25, 0.3) is 0 Å². The number of rotatable bonds is 2. The minimum atomic E-state index is -4.10. The number of halogens is 2. The molecule has 1 amide bonds. The average Bonchev–Trinajstić information content (AvgIpc) is 3.17. The molecule has 5 nitrogen and oxygen atoms in total. The van der Waals surface area contributed by atoms with Crippen LogP contribution < -0.4 is 4.90 Å². The molecule has 0 unspecified atom stereocenters. The highest BCUT2D eigenvalue weighted by molar-refractivity contribution is 7.96. The maximum absolute atomic E-state index is 13.8. The maximum Gasteiger partial charge on any atom is 0.267 e. The van der Waals surface area contributed by atoms with E-state index < -0.39 is 27.4 Å². The fourth-order valence-corrected chi connectivity index (χ4v) is 4.86. The number of carbonyl (C=O) groups excluding carboxylic acids is 1. The summed E-state index contributed by atoms with van der Waals surface area (Å²) < 4.78 is 53.2. The smallest absolute Gasteiger partial charge is 0.267 e. The van der Waals surface area contributed by atoms with E-state index in [1.807, 2.05) is 0 Å². The van der Waals surface area contributed by atoms with Crippen LogP contribution in [0.3, 0.4) is 0 Å². The van der Waals surface area contributed by atoms with E-state index in [0.29, 0.717) is 18.8 Å². The number of likely N-dealkylation sites (tertiary alicyclic amines) is 1. The fourth-order valence-electron chi connectivity index (χ4n) is 3.34. The second kappa shape index (κ2) is 6.45. The molecule has 2 aliphatic heterocycles. The van der Waals surface area contributed by atoms with E-state index in [9.17, 15) is 22.0 Å². The van der Waals surface area contributed by atoms with Gasteiger partial charge in [0.15, 0.2) is 4.91 Å². The second-order valence-electron chi connectivity index (χ2n) is 6.45. The molecule has 0 aliphatic carbocycles. The summed E-state index contributed by atoms with van der Waals surface area (Å²) in [5, 5.41) is 0. The Morgan fingerprint density at radius 1 is 0.926 bits per heavy atom. The van der Waals surface area contributed by atoms with Crippen molar-refractivity contribution in [1.29, 1.82) is 0 Å². The minimum Gasteiger partial charge on any atom is -0.338 e. The molecule has 0 saturated carbocycles. The standard InChI is InChI=1S/C19H16F2N2O3S/c20-13-3-6-15(7-4-13)23-12-18(19(24)22-9-1-2-10-22)27(25,26)17-8-5-14(21)11-16(17)23/h3-8,11-12H,1-2,9-10H2.